The van der Waals surface area contributed by atoms with Crippen LogP contribution in [0.15, 0.2) is 23.3 Å². The molecule has 1 nitrogen and oxygen atoms in total. The van der Waals surface area contributed by atoms with Gasteiger partial charge in [-0.15, -0.1) is 11.6 Å². The molecule has 1 atom stereocenters. The number of hydrogen-bond donors (Lipinski definition) is 1. The van der Waals surface area contributed by atoms with Crippen molar-refractivity contribution in [2.75, 3.05) is 0 Å². The zero-order valence-electron chi connectivity index (χ0n) is 7.85. The Bertz CT molecular complexity index is 250. The Morgan fingerprint density at radius 2 is 2.23 bits per heavy atom. The predicted molar refractivity (Wildman–Crippen MR) is 57.2 cm³/mol. The molecule has 13 heavy (non-hydrogen) atoms. The number of hydrogen-bond acceptors (Lipinski definition) is 1. The van der Waals surface area contributed by atoms with Gasteiger partial charge in [0, 0.05) is 5.03 Å². The lowest BCUT2D eigenvalue weighted by Crippen LogP contribution is -2.32. The lowest BCUT2D eigenvalue weighted by Gasteiger charge is -2.30. The molecule has 0 saturated heterocycles. The van der Waals surface area contributed by atoms with E-state index in [1.165, 1.54) is 0 Å². The Morgan fingerprint density at radius 3 is 2.62 bits per heavy atom. The molecule has 0 aromatic heterocycles. The molecule has 0 saturated carbocycles. The second-order valence-corrected chi connectivity index (χ2v) is 5.34. The minimum Gasteiger partial charge on any atom is -0.390 e. The smallest absolute Gasteiger partial charge is 0.0691 e. The number of aliphatic hydroxyl groups is 1. The first kappa shape index (κ1) is 11.1. The molecule has 0 aromatic rings. The van der Waals surface area contributed by atoms with Crippen LogP contribution in [0.4, 0.5) is 0 Å². The average molecular weight is 221 g/mol. The van der Waals surface area contributed by atoms with Crippen LogP contribution in [-0.4, -0.2) is 15.6 Å². The van der Waals surface area contributed by atoms with E-state index in [4.69, 9.17) is 23.2 Å². The summed E-state index contributed by atoms with van der Waals surface area (Å²) in [6.07, 6.45) is 6.71. The van der Waals surface area contributed by atoms with Gasteiger partial charge in [0.25, 0.3) is 0 Å². The van der Waals surface area contributed by atoms with Crippen LogP contribution in [-0.2, 0) is 0 Å². The number of allylic oxidation sites excluding steroid dienone is 4. The molecule has 0 amide bonds. The van der Waals surface area contributed by atoms with E-state index in [-0.39, 0.29) is 0 Å². The standard InChI is InChI=1S/C10H14Cl2O/c1-9(2,13)7-10(12)5-3-8(11)4-6-10/h3-5,13H,6-7H2,1-2H3. The molecule has 0 fully saturated rings. The van der Waals surface area contributed by atoms with Crippen molar-refractivity contribution in [1.29, 1.82) is 0 Å². The summed E-state index contributed by atoms with van der Waals surface area (Å²) >= 11 is 12.0. The maximum atomic E-state index is 9.63. The highest BCUT2D eigenvalue weighted by Gasteiger charge is 2.31. The maximum absolute atomic E-state index is 9.63. The van der Waals surface area contributed by atoms with Crippen molar-refractivity contribution in [2.24, 2.45) is 0 Å². The van der Waals surface area contributed by atoms with Gasteiger partial charge in [0.05, 0.1) is 10.5 Å². The molecule has 3 heteroatoms. The van der Waals surface area contributed by atoms with Crippen molar-refractivity contribution in [2.45, 2.75) is 37.2 Å². The van der Waals surface area contributed by atoms with Crippen LogP contribution in [0.1, 0.15) is 26.7 Å². The second-order valence-electron chi connectivity index (χ2n) is 4.15. The Balaban J connectivity index is 2.66. The largest absolute Gasteiger partial charge is 0.390 e. The first-order valence-corrected chi connectivity index (χ1v) is 5.03. The van der Waals surface area contributed by atoms with Gasteiger partial charge < -0.3 is 5.11 Å². The highest BCUT2D eigenvalue weighted by Crippen LogP contribution is 2.35. The molecule has 0 bridgehead atoms. The summed E-state index contributed by atoms with van der Waals surface area (Å²) in [7, 11) is 0. The molecule has 1 aliphatic rings. The number of rotatable bonds is 2. The summed E-state index contributed by atoms with van der Waals surface area (Å²) in [6.45, 7) is 3.51. The van der Waals surface area contributed by atoms with E-state index < -0.39 is 10.5 Å². The van der Waals surface area contributed by atoms with E-state index in [0.29, 0.717) is 17.9 Å². The average Bonchev–Trinajstić information content (AvgIpc) is 1.92. The van der Waals surface area contributed by atoms with Gasteiger partial charge in [-0.3, -0.25) is 0 Å². The zero-order valence-corrected chi connectivity index (χ0v) is 9.36. The summed E-state index contributed by atoms with van der Waals surface area (Å²) in [5, 5.41) is 10.3. The maximum Gasteiger partial charge on any atom is 0.0691 e. The van der Waals surface area contributed by atoms with Gasteiger partial charge in [-0.05, 0) is 32.8 Å². The molecule has 1 aliphatic carbocycles. The van der Waals surface area contributed by atoms with E-state index in [0.717, 1.165) is 0 Å². The van der Waals surface area contributed by atoms with E-state index in [1.807, 2.05) is 12.2 Å². The van der Waals surface area contributed by atoms with Crippen molar-refractivity contribution in [1.82, 2.24) is 0 Å². The number of halogens is 2. The molecule has 1 N–H and O–H groups in total. The fourth-order valence-corrected chi connectivity index (χ4v) is 2.09. The summed E-state index contributed by atoms with van der Waals surface area (Å²) in [5.41, 5.74) is -0.746. The molecular weight excluding hydrogens is 207 g/mol. The predicted octanol–water partition coefficient (Wildman–Crippen LogP) is 3.21. The third kappa shape index (κ3) is 3.72. The molecule has 0 radical (unpaired) electrons. The lowest BCUT2D eigenvalue weighted by molar-refractivity contribution is 0.0632. The third-order valence-electron chi connectivity index (χ3n) is 1.90. The van der Waals surface area contributed by atoms with Gasteiger partial charge in [0.2, 0.25) is 0 Å². The molecule has 74 valence electrons. The minimum atomic E-state index is -0.746. The SMILES string of the molecule is CC(C)(O)CC1(Cl)C=CC(Cl)=CC1. The van der Waals surface area contributed by atoms with Crippen LogP contribution < -0.4 is 0 Å². The quantitative estimate of drug-likeness (QED) is 0.710. The van der Waals surface area contributed by atoms with Crippen molar-refractivity contribution in [3.63, 3.8) is 0 Å². The first-order valence-electron chi connectivity index (χ1n) is 4.27. The monoisotopic (exact) mass is 220 g/mol. The second kappa shape index (κ2) is 3.64. The molecule has 0 spiro atoms. The summed E-state index contributed by atoms with van der Waals surface area (Å²) < 4.78 is 0. The van der Waals surface area contributed by atoms with Crippen LogP contribution >= 0.6 is 23.2 Å². The third-order valence-corrected chi connectivity index (χ3v) is 2.60. The summed E-state index contributed by atoms with van der Waals surface area (Å²) in [5.74, 6) is 0. The fourth-order valence-electron chi connectivity index (χ4n) is 1.48. The molecule has 1 rings (SSSR count). The van der Waals surface area contributed by atoms with E-state index >= 15 is 0 Å². The highest BCUT2D eigenvalue weighted by atomic mass is 35.5. The van der Waals surface area contributed by atoms with Crippen molar-refractivity contribution in [3.8, 4) is 0 Å². The summed E-state index contributed by atoms with van der Waals surface area (Å²) in [6, 6.07) is 0. The van der Waals surface area contributed by atoms with Crippen molar-refractivity contribution in [3.05, 3.63) is 23.3 Å². The van der Waals surface area contributed by atoms with Crippen LogP contribution in [0.5, 0.6) is 0 Å². The van der Waals surface area contributed by atoms with Crippen LogP contribution in [0.25, 0.3) is 0 Å². The van der Waals surface area contributed by atoms with Gasteiger partial charge in [-0.1, -0.05) is 23.8 Å². The van der Waals surface area contributed by atoms with Gasteiger partial charge in [0.1, 0.15) is 0 Å². The van der Waals surface area contributed by atoms with Crippen molar-refractivity contribution < 1.29 is 5.11 Å². The Hall–Kier alpha value is 0.0200. The van der Waals surface area contributed by atoms with Gasteiger partial charge in [-0.2, -0.15) is 0 Å². The Labute approximate surface area is 89.0 Å². The van der Waals surface area contributed by atoms with Gasteiger partial charge in [0.15, 0.2) is 0 Å². The topological polar surface area (TPSA) is 20.2 Å². The molecule has 0 aromatic carbocycles. The van der Waals surface area contributed by atoms with Crippen LogP contribution in [0.2, 0.25) is 0 Å². The Morgan fingerprint density at radius 1 is 1.62 bits per heavy atom. The fraction of sp³-hybridized carbons (Fsp3) is 0.600. The molecule has 0 heterocycles. The minimum absolute atomic E-state index is 0.476. The van der Waals surface area contributed by atoms with Gasteiger partial charge >= 0.3 is 0 Å². The Kier molecular flexibility index (Phi) is 3.11. The zero-order chi connectivity index (χ0) is 10.1. The highest BCUT2D eigenvalue weighted by molar-refractivity contribution is 6.32. The van der Waals surface area contributed by atoms with Crippen LogP contribution in [0.3, 0.4) is 0 Å². The van der Waals surface area contributed by atoms with Crippen molar-refractivity contribution >= 4 is 23.2 Å². The van der Waals surface area contributed by atoms with Gasteiger partial charge in [-0.25, -0.2) is 0 Å². The number of alkyl halides is 1. The normalized spacial score (nSPS) is 28.8. The molecule has 1 unspecified atom stereocenters. The van der Waals surface area contributed by atoms with E-state index in [2.05, 4.69) is 0 Å². The van der Waals surface area contributed by atoms with E-state index in [1.54, 1.807) is 19.9 Å². The molecule has 0 aliphatic heterocycles. The lowest BCUT2D eigenvalue weighted by atomic mass is 9.88. The first-order chi connectivity index (χ1) is 5.81. The van der Waals surface area contributed by atoms with Crippen LogP contribution in [0, 0.1) is 0 Å². The van der Waals surface area contributed by atoms with E-state index in [9.17, 15) is 5.11 Å². The molecular formula is C10H14Cl2O. The summed E-state index contributed by atoms with van der Waals surface area (Å²) in [4.78, 5) is -0.476.